The number of fused-ring (bicyclic) bond motifs is 1. The van der Waals surface area contributed by atoms with E-state index in [9.17, 15) is 4.79 Å². The molecule has 0 aromatic carbocycles. The first-order valence-electron chi connectivity index (χ1n) is 6.31. The summed E-state index contributed by atoms with van der Waals surface area (Å²) in [7, 11) is 0. The zero-order chi connectivity index (χ0) is 11.5. The van der Waals surface area contributed by atoms with Gasteiger partial charge in [-0.25, -0.2) is 0 Å². The Morgan fingerprint density at radius 3 is 2.88 bits per heavy atom. The van der Waals surface area contributed by atoms with E-state index >= 15 is 0 Å². The summed E-state index contributed by atoms with van der Waals surface area (Å²) in [4.78, 5) is 13.8. The molecule has 1 heterocycles. The van der Waals surface area contributed by atoms with Crippen LogP contribution in [0.1, 0.15) is 26.2 Å². The van der Waals surface area contributed by atoms with Gasteiger partial charge in [-0.2, -0.15) is 0 Å². The van der Waals surface area contributed by atoms with Crippen LogP contribution < -0.4 is 5.73 Å². The van der Waals surface area contributed by atoms with Crippen molar-refractivity contribution in [2.45, 2.75) is 32.2 Å². The predicted octanol–water partition coefficient (Wildman–Crippen LogP) is 0.609. The molecule has 2 aliphatic rings. The summed E-state index contributed by atoms with van der Waals surface area (Å²) >= 11 is 0. The molecule has 1 saturated carbocycles. The lowest BCUT2D eigenvalue weighted by Gasteiger charge is -2.27. The maximum Gasteiger partial charge on any atom is 0.248 e. The van der Waals surface area contributed by atoms with Gasteiger partial charge in [0.1, 0.15) is 6.61 Å². The largest absolute Gasteiger partial charge is 0.372 e. The number of amides is 1. The quantitative estimate of drug-likeness (QED) is 0.767. The zero-order valence-electron chi connectivity index (χ0n) is 10.0. The molecule has 2 rings (SSSR count). The van der Waals surface area contributed by atoms with E-state index in [-0.39, 0.29) is 12.5 Å². The van der Waals surface area contributed by atoms with Crippen LogP contribution in [0.5, 0.6) is 0 Å². The van der Waals surface area contributed by atoms with Crippen LogP contribution in [0.4, 0.5) is 0 Å². The van der Waals surface area contributed by atoms with Gasteiger partial charge in [-0.15, -0.1) is 0 Å². The lowest BCUT2D eigenvalue weighted by molar-refractivity contribution is -0.135. The Morgan fingerprint density at radius 1 is 1.38 bits per heavy atom. The first-order valence-corrected chi connectivity index (χ1v) is 6.31. The second-order valence-corrected chi connectivity index (χ2v) is 5.03. The third-order valence-corrected chi connectivity index (χ3v) is 3.87. The van der Waals surface area contributed by atoms with Gasteiger partial charge in [0.15, 0.2) is 0 Å². The number of nitrogens with zero attached hydrogens (tertiary/aromatic N) is 1. The van der Waals surface area contributed by atoms with Crippen LogP contribution >= 0.6 is 0 Å². The molecule has 1 aliphatic carbocycles. The normalized spacial score (nSPS) is 33.9. The smallest absolute Gasteiger partial charge is 0.248 e. The molecule has 4 heteroatoms. The molecule has 0 aromatic heterocycles. The number of hydrogen-bond donors (Lipinski definition) is 1. The van der Waals surface area contributed by atoms with Crippen molar-refractivity contribution in [1.82, 2.24) is 4.90 Å². The Morgan fingerprint density at radius 2 is 2.12 bits per heavy atom. The molecule has 2 fully saturated rings. The van der Waals surface area contributed by atoms with Crippen molar-refractivity contribution in [2.24, 2.45) is 17.6 Å². The van der Waals surface area contributed by atoms with E-state index in [0.29, 0.717) is 24.5 Å². The summed E-state index contributed by atoms with van der Waals surface area (Å²) < 4.78 is 5.17. The molecule has 1 unspecified atom stereocenters. The van der Waals surface area contributed by atoms with Crippen LogP contribution in [0.25, 0.3) is 0 Å². The van der Waals surface area contributed by atoms with Gasteiger partial charge in [-0.1, -0.05) is 0 Å². The van der Waals surface area contributed by atoms with Crippen molar-refractivity contribution < 1.29 is 9.53 Å². The van der Waals surface area contributed by atoms with Gasteiger partial charge >= 0.3 is 0 Å². The molecule has 3 atom stereocenters. The van der Waals surface area contributed by atoms with Crippen LogP contribution in [0.3, 0.4) is 0 Å². The monoisotopic (exact) mass is 226 g/mol. The molecule has 1 aliphatic heterocycles. The van der Waals surface area contributed by atoms with E-state index in [4.69, 9.17) is 10.5 Å². The third kappa shape index (κ3) is 2.55. The fourth-order valence-corrected chi connectivity index (χ4v) is 2.95. The zero-order valence-corrected chi connectivity index (χ0v) is 10.0. The van der Waals surface area contributed by atoms with Crippen LogP contribution in [-0.2, 0) is 9.53 Å². The van der Waals surface area contributed by atoms with E-state index in [1.807, 2.05) is 11.8 Å². The summed E-state index contributed by atoms with van der Waals surface area (Å²) in [5, 5.41) is 0. The van der Waals surface area contributed by atoms with Gasteiger partial charge in [0.05, 0.1) is 0 Å². The van der Waals surface area contributed by atoms with Gasteiger partial charge < -0.3 is 15.4 Å². The Bertz CT molecular complexity index is 257. The van der Waals surface area contributed by atoms with Gasteiger partial charge in [0.25, 0.3) is 0 Å². The predicted molar refractivity (Wildman–Crippen MR) is 61.9 cm³/mol. The molecule has 1 saturated heterocycles. The van der Waals surface area contributed by atoms with Crippen molar-refractivity contribution in [3.8, 4) is 0 Å². The molecule has 4 nitrogen and oxygen atoms in total. The fourth-order valence-electron chi connectivity index (χ4n) is 2.95. The molecular formula is C12H22N2O2. The van der Waals surface area contributed by atoms with Gasteiger partial charge in [0, 0.05) is 25.7 Å². The molecule has 0 bridgehead atoms. The second-order valence-electron chi connectivity index (χ2n) is 5.03. The van der Waals surface area contributed by atoms with E-state index in [2.05, 4.69) is 0 Å². The van der Waals surface area contributed by atoms with Gasteiger partial charge in [-0.05, 0) is 38.0 Å². The Balaban J connectivity index is 1.84. The molecule has 1 amide bonds. The first-order chi connectivity index (χ1) is 7.70. The molecule has 2 N–H and O–H groups in total. The number of rotatable bonds is 3. The third-order valence-electron chi connectivity index (χ3n) is 3.87. The van der Waals surface area contributed by atoms with E-state index in [1.54, 1.807) is 0 Å². The van der Waals surface area contributed by atoms with Gasteiger partial charge in [-0.3, -0.25) is 4.79 Å². The van der Waals surface area contributed by atoms with Gasteiger partial charge in [0.2, 0.25) is 5.91 Å². The maximum absolute atomic E-state index is 11.8. The second kappa shape index (κ2) is 5.15. The average Bonchev–Trinajstić information content (AvgIpc) is 2.68. The number of carbonyl (C=O) groups excluding carboxylic acids is 1. The number of carbonyl (C=O) groups is 1. The summed E-state index contributed by atoms with van der Waals surface area (Å²) in [6.45, 7) is 4.57. The minimum atomic E-state index is 0.143. The van der Waals surface area contributed by atoms with Crippen molar-refractivity contribution in [2.75, 3.05) is 26.3 Å². The number of hydrogen-bond acceptors (Lipinski definition) is 3. The fraction of sp³-hybridized carbons (Fsp3) is 0.917. The summed E-state index contributed by atoms with van der Waals surface area (Å²) in [5.74, 6) is 1.46. The number of nitrogens with two attached hydrogens (primary N) is 1. The van der Waals surface area contributed by atoms with Crippen molar-refractivity contribution in [3.05, 3.63) is 0 Å². The Kier molecular flexibility index (Phi) is 3.82. The van der Waals surface area contributed by atoms with Crippen LogP contribution in [0, 0.1) is 11.8 Å². The van der Waals surface area contributed by atoms with E-state index < -0.39 is 0 Å². The Labute approximate surface area is 97.1 Å². The summed E-state index contributed by atoms with van der Waals surface area (Å²) in [6, 6.07) is 0.350. The molecule has 0 radical (unpaired) electrons. The SMILES string of the molecule is CCOCC(=O)N1C[C@H]2CCC(N)C[C@H]2C1. The molecule has 92 valence electrons. The highest BCUT2D eigenvalue weighted by molar-refractivity contribution is 5.77. The van der Waals surface area contributed by atoms with E-state index in [0.717, 1.165) is 25.9 Å². The minimum absolute atomic E-state index is 0.143. The highest BCUT2D eigenvalue weighted by Crippen LogP contribution is 2.35. The van der Waals surface area contributed by atoms with Crippen molar-refractivity contribution >= 4 is 5.91 Å². The maximum atomic E-state index is 11.8. The van der Waals surface area contributed by atoms with Crippen LogP contribution in [-0.4, -0.2) is 43.2 Å². The first kappa shape index (κ1) is 11.9. The topological polar surface area (TPSA) is 55.6 Å². The highest BCUT2D eigenvalue weighted by Gasteiger charge is 2.38. The standard InChI is InChI=1S/C12H22N2O2/c1-2-16-8-12(15)14-6-9-3-4-11(13)5-10(9)7-14/h9-11H,2-8,13H2,1H3/t9-,10+,11?/m1/s1. The average molecular weight is 226 g/mol. The summed E-state index contributed by atoms with van der Waals surface area (Å²) in [5.41, 5.74) is 5.96. The van der Waals surface area contributed by atoms with E-state index in [1.165, 1.54) is 6.42 Å². The van der Waals surface area contributed by atoms with Crippen molar-refractivity contribution in [3.63, 3.8) is 0 Å². The lowest BCUT2D eigenvalue weighted by atomic mass is 9.79. The highest BCUT2D eigenvalue weighted by atomic mass is 16.5. The minimum Gasteiger partial charge on any atom is -0.372 e. The van der Waals surface area contributed by atoms with Crippen LogP contribution in [0.15, 0.2) is 0 Å². The van der Waals surface area contributed by atoms with Crippen LogP contribution in [0.2, 0.25) is 0 Å². The molecule has 0 aromatic rings. The lowest BCUT2D eigenvalue weighted by Crippen LogP contribution is -2.33. The number of likely N-dealkylation sites (tertiary alicyclic amines) is 1. The molecular weight excluding hydrogens is 204 g/mol. The van der Waals surface area contributed by atoms with Crippen molar-refractivity contribution in [1.29, 1.82) is 0 Å². The number of ether oxygens (including phenoxy) is 1. The molecule has 0 spiro atoms. The molecule has 16 heavy (non-hydrogen) atoms. The Hall–Kier alpha value is -0.610. The summed E-state index contributed by atoms with van der Waals surface area (Å²) in [6.07, 6.45) is 3.39.